The van der Waals surface area contributed by atoms with Crippen LogP contribution in [0.15, 0.2) is 73.6 Å². The van der Waals surface area contributed by atoms with Gasteiger partial charge in [0, 0.05) is 11.2 Å². The van der Waals surface area contributed by atoms with Crippen molar-refractivity contribution in [3.63, 3.8) is 0 Å². The Morgan fingerprint density at radius 1 is 1.07 bits per heavy atom. The average molecular weight is 379 g/mol. The van der Waals surface area contributed by atoms with E-state index in [2.05, 4.69) is 20.5 Å². The minimum atomic E-state index is -0.257. The lowest BCUT2D eigenvalue weighted by molar-refractivity contribution is 0.102. The number of anilines is 1. The Labute approximate surface area is 160 Å². The van der Waals surface area contributed by atoms with Gasteiger partial charge in [0.15, 0.2) is 0 Å². The quantitative estimate of drug-likeness (QED) is 0.577. The Balaban J connectivity index is 1.52. The van der Waals surface area contributed by atoms with Gasteiger partial charge in [0.2, 0.25) is 0 Å². The van der Waals surface area contributed by atoms with Gasteiger partial charge >= 0.3 is 0 Å². The van der Waals surface area contributed by atoms with Crippen molar-refractivity contribution in [2.75, 3.05) is 5.32 Å². The predicted molar refractivity (Wildman–Crippen MR) is 102 cm³/mol. The summed E-state index contributed by atoms with van der Waals surface area (Å²) in [7, 11) is 0. The molecule has 2 heterocycles. The van der Waals surface area contributed by atoms with Gasteiger partial charge in [-0.25, -0.2) is 9.67 Å². The molecule has 0 aliphatic heterocycles. The first kappa shape index (κ1) is 17.0. The van der Waals surface area contributed by atoms with Crippen molar-refractivity contribution in [2.45, 2.75) is 6.54 Å². The molecule has 0 aliphatic rings. The standard InChI is InChI=1S/C19H15ClN6O/c20-16-6-2-1-5-14(16)10-25-11-15(9-22-25)19(27)24-17-7-3-4-8-18(17)26-13-21-12-23-26/h1-9,11-13H,10H2,(H,24,27). The van der Waals surface area contributed by atoms with Crippen molar-refractivity contribution in [3.05, 3.63) is 89.7 Å². The third-order valence-corrected chi connectivity index (χ3v) is 4.37. The highest BCUT2D eigenvalue weighted by atomic mass is 35.5. The van der Waals surface area contributed by atoms with Crippen molar-refractivity contribution in [2.24, 2.45) is 0 Å². The van der Waals surface area contributed by atoms with Crippen molar-refractivity contribution >= 4 is 23.2 Å². The molecule has 0 atom stereocenters. The van der Waals surface area contributed by atoms with E-state index in [0.717, 1.165) is 11.3 Å². The molecule has 1 amide bonds. The summed E-state index contributed by atoms with van der Waals surface area (Å²) < 4.78 is 3.27. The van der Waals surface area contributed by atoms with Crippen LogP contribution in [0.3, 0.4) is 0 Å². The number of hydrogen-bond acceptors (Lipinski definition) is 4. The van der Waals surface area contributed by atoms with E-state index in [0.29, 0.717) is 22.8 Å². The molecule has 0 fully saturated rings. The Morgan fingerprint density at radius 2 is 1.89 bits per heavy atom. The summed E-state index contributed by atoms with van der Waals surface area (Å²) in [6.45, 7) is 0.489. The molecule has 134 valence electrons. The molecule has 4 rings (SSSR count). The predicted octanol–water partition coefficient (Wildman–Crippen LogP) is 3.42. The molecule has 0 radical (unpaired) electrons. The lowest BCUT2D eigenvalue weighted by Crippen LogP contribution is -2.13. The second-order valence-corrected chi connectivity index (χ2v) is 6.24. The summed E-state index contributed by atoms with van der Waals surface area (Å²) in [5, 5.41) is 11.9. The molecule has 8 heteroatoms. The minimum absolute atomic E-state index is 0.257. The van der Waals surface area contributed by atoms with Crippen LogP contribution in [0.25, 0.3) is 5.69 Å². The number of halogens is 1. The van der Waals surface area contributed by atoms with Crippen LogP contribution >= 0.6 is 11.6 Å². The van der Waals surface area contributed by atoms with Gasteiger partial charge in [0.05, 0.1) is 29.7 Å². The average Bonchev–Trinajstić information content (AvgIpc) is 3.36. The first-order chi connectivity index (χ1) is 13.2. The SMILES string of the molecule is O=C(Nc1ccccc1-n1cncn1)c1cnn(Cc2ccccc2Cl)c1. The largest absolute Gasteiger partial charge is 0.320 e. The lowest BCUT2D eigenvalue weighted by Gasteiger charge is -2.09. The van der Waals surface area contributed by atoms with Crippen LogP contribution in [-0.4, -0.2) is 30.5 Å². The van der Waals surface area contributed by atoms with E-state index in [1.807, 2.05) is 48.5 Å². The first-order valence-electron chi connectivity index (χ1n) is 8.22. The van der Waals surface area contributed by atoms with E-state index in [1.165, 1.54) is 12.5 Å². The van der Waals surface area contributed by atoms with Crippen molar-refractivity contribution in [3.8, 4) is 5.69 Å². The molecule has 0 aliphatic carbocycles. The Kier molecular flexibility index (Phi) is 4.67. The second-order valence-electron chi connectivity index (χ2n) is 5.83. The molecule has 2 aromatic heterocycles. The summed E-state index contributed by atoms with van der Waals surface area (Å²) >= 11 is 6.18. The maximum absolute atomic E-state index is 12.6. The Hall–Kier alpha value is -3.45. The highest BCUT2D eigenvalue weighted by Crippen LogP contribution is 2.20. The van der Waals surface area contributed by atoms with Gasteiger partial charge in [0.1, 0.15) is 12.7 Å². The molecule has 2 aromatic carbocycles. The lowest BCUT2D eigenvalue weighted by atomic mass is 10.2. The summed E-state index contributed by atoms with van der Waals surface area (Å²) in [4.78, 5) is 16.6. The molecule has 0 saturated heterocycles. The van der Waals surface area contributed by atoms with E-state index in [9.17, 15) is 4.79 Å². The highest BCUT2D eigenvalue weighted by molar-refractivity contribution is 6.31. The smallest absolute Gasteiger partial charge is 0.258 e. The Morgan fingerprint density at radius 3 is 2.70 bits per heavy atom. The Bertz CT molecular complexity index is 1070. The van der Waals surface area contributed by atoms with E-state index < -0.39 is 0 Å². The number of carbonyl (C=O) groups is 1. The van der Waals surface area contributed by atoms with Crippen LogP contribution in [0.4, 0.5) is 5.69 Å². The zero-order valence-corrected chi connectivity index (χ0v) is 14.9. The normalized spacial score (nSPS) is 10.7. The molecule has 0 saturated carbocycles. The van der Waals surface area contributed by atoms with Gasteiger partial charge in [-0.3, -0.25) is 9.48 Å². The minimum Gasteiger partial charge on any atom is -0.320 e. The van der Waals surface area contributed by atoms with E-state index in [1.54, 1.807) is 21.9 Å². The van der Waals surface area contributed by atoms with Crippen LogP contribution in [0, 0.1) is 0 Å². The fraction of sp³-hybridized carbons (Fsp3) is 0.0526. The monoisotopic (exact) mass is 378 g/mol. The molecule has 1 N–H and O–H groups in total. The highest BCUT2D eigenvalue weighted by Gasteiger charge is 2.13. The van der Waals surface area contributed by atoms with Crippen molar-refractivity contribution in [1.29, 1.82) is 0 Å². The van der Waals surface area contributed by atoms with Crippen LogP contribution < -0.4 is 5.32 Å². The number of nitrogens with zero attached hydrogens (tertiary/aromatic N) is 5. The number of aromatic nitrogens is 5. The molecule has 0 unspecified atom stereocenters. The number of carbonyl (C=O) groups excluding carboxylic acids is 1. The molecule has 0 bridgehead atoms. The number of benzene rings is 2. The zero-order chi connectivity index (χ0) is 18.6. The van der Waals surface area contributed by atoms with Crippen molar-refractivity contribution < 1.29 is 4.79 Å². The van der Waals surface area contributed by atoms with E-state index in [4.69, 9.17) is 11.6 Å². The topological polar surface area (TPSA) is 77.6 Å². The number of hydrogen-bond donors (Lipinski definition) is 1. The van der Waals surface area contributed by atoms with Gasteiger partial charge in [-0.15, -0.1) is 0 Å². The summed E-state index contributed by atoms with van der Waals surface area (Å²) in [6.07, 6.45) is 6.24. The summed E-state index contributed by atoms with van der Waals surface area (Å²) in [5.41, 5.74) is 2.75. The third-order valence-electron chi connectivity index (χ3n) is 4.00. The summed E-state index contributed by atoms with van der Waals surface area (Å²) in [5.74, 6) is -0.257. The summed E-state index contributed by atoms with van der Waals surface area (Å²) in [6, 6.07) is 14.9. The molecule has 4 aromatic rings. The maximum atomic E-state index is 12.6. The van der Waals surface area contributed by atoms with Crippen molar-refractivity contribution in [1.82, 2.24) is 24.5 Å². The molecule has 0 spiro atoms. The zero-order valence-electron chi connectivity index (χ0n) is 14.2. The number of amides is 1. The van der Waals surface area contributed by atoms with E-state index >= 15 is 0 Å². The van der Waals surface area contributed by atoms with E-state index in [-0.39, 0.29) is 5.91 Å². The van der Waals surface area contributed by atoms with Gasteiger partial charge in [-0.2, -0.15) is 10.2 Å². The third kappa shape index (κ3) is 3.73. The fourth-order valence-electron chi connectivity index (χ4n) is 2.67. The van der Waals surface area contributed by atoms with Gasteiger partial charge in [-0.1, -0.05) is 41.9 Å². The van der Waals surface area contributed by atoms with Gasteiger partial charge in [0.25, 0.3) is 5.91 Å². The fourth-order valence-corrected chi connectivity index (χ4v) is 2.87. The first-order valence-corrected chi connectivity index (χ1v) is 8.60. The van der Waals surface area contributed by atoms with Crippen LogP contribution in [0.2, 0.25) is 5.02 Å². The van der Waals surface area contributed by atoms with Gasteiger partial charge in [-0.05, 0) is 23.8 Å². The van der Waals surface area contributed by atoms with Crippen LogP contribution in [0.1, 0.15) is 15.9 Å². The molecule has 27 heavy (non-hydrogen) atoms. The number of nitrogens with one attached hydrogen (secondary N) is 1. The van der Waals surface area contributed by atoms with Gasteiger partial charge < -0.3 is 5.32 Å². The van der Waals surface area contributed by atoms with Crippen LogP contribution in [0.5, 0.6) is 0 Å². The molecular formula is C19H15ClN6O. The maximum Gasteiger partial charge on any atom is 0.258 e. The molecule has 7 nitrogen and oxygen atoms in total. The molecular weight excluding hydrogens is 364 g/mol. The number of rotatable bonds is 5. The number of para-hydroxylation sites is 2. The van der Waals surface area contributed by atoms with Crippen LogP contribution in [-0.2, 0) is 6.54 Å². The second kappa shape index (κ2) is 7.43.